The van der Waals surface area contributed by atoms with Gasteiger partial charge in [-0.3, -0.25) is 9.36 Å². The highest BCUT2D eigenvalue weighted by molar-refractivity contribution is 8.00. The van der Waals surface area contributed by atoms with Crippen LogP contribution in [0.15, 0.2) is 76.5 Å². The van der Waals surface area contributed by atoms with E-state index in [4.69, 9.17) is 9.15 Å². The van der Waals surface area contributed by atoms with Gasteiger partial charge in [-0.05, 0) is 55.8 Å². The highest BCUT2D eigenvalue weighted by atomic mass is 32.2. The van der Waals surface area contributed by atoms with E-state index in [1.165, 1.54) is 23.9 Å². The van der Waals surface area contributed by atoms with Crippen molar-refractivity contribution in [3.8, 4) is 17.1 Å². The molecule has 9 heteroatoms. The summed E-state index contributed by atoms with van der Waals surface area (Å²) in [6, 6.07) is 17.1. The number of thioether (sulfide) groups is 1. The summed E-state index contributed by atoms with van der Waals surface area (Å²) in [4.78, 5) is 12.9. The van der Waals surface area contributed by atoms with Crippen LogP contribution in [0.1, 0.15) is 31.2 Å². The van der Waals surface area contributed by atoms with Crippen molar-refractivity contribution in [1.82, 2.24) is 20.1 Å². The van der Waals surface area contributed by atoms with Crippen molar-refractivity contribution in [2.24, 2.45) is 0 Å². The number of nitrogens with zero attached hydrogens (tertiary/aromatic N) is 3. The number of hydrogen-bond donors (Lipinski definition) is 1. The fraction of sp³-hybridized carbons (Fsp3) is 0.240. The van der Waals surface area contributed by atoms with E-state index in [2.05, 4.69) is 15.5 Å². The van der Waals surface area contributed by atoms with E-state index in [0.717, 1.165) is 16.9 Å². The largest absolute Gasteiger partial charge is 0.497 e. The van der Waals surface area contributed by atoms with E-state index in [0.29, 0.717) is 23.3 Å². The number of furan rings is 1. The van der Waals surface area contributed by atoms with Gasteiger partial charge in [-0.15, -0.1) is 10.2 Å². The Kier molecular flexibility index (Phi) is 7.32. The van der Waals surface area contributed by atoms with Gasteiger partial charge in [0, 0.05) is 5.56 Å². The number of hydrogen-bond acceptors (Lipinski definition) is 6. The maximum atomic E-state index is 13.2. The van der Waals surface area contributed by atoms with Crippen molar-refractivity contribution in [1.29, 1.82) is 0 Å². The Labute approximate surface area is 201 Å². The van der Waals surface area contributed by atoms with E-state index in [1.54, 1.807) is 25.5 Å². The van der Waals surface area contributed by atoms with Gasteiger partial charge in [0.25, 0.3) is 0 Å². The summed E-state index contributed by atoms with van der Waals surface area (Å²) >= 11 is 1.31. The zero-order valence-electron chi connectivity index (χ0n) is 19.1. The topological polar surface area (TPSA) is 82.2 Å². The van der Waals surface area contributed by atoms with Crippen LogP contribution in [-0.2, 0) is 11.3 Å². The Morgan fingerprint density at radius 2 is 1.94 bits per heavy atom. The van der Waals surface area contributed by atoms with Gasteiger partial charge in [0.1, 0.15) is 17.3 Å². The number of carbonyl (C=O) groups excluding carboxylic acids is 1. The average Bonchev–Trinajstić information content (AvgIpc) is 3.50. The molecule has 2 aromatic carbocycles. The second kappa shape index (κ2) is 10.6. The van der Waals surface area contributed by atoms with Gasteiger partial charge in [-0.2, -0.15) is 0 Å². The number of aromatic nitrogens is 3. The van der Waals surface area contributed by atoms with E-state index >= 15 is 0 Å². The minimum atomic E-state index is -0.444. The van der Waals surface area contributed by atoms with Crippen molar-refractivity contribution < 1.29 is 18.3 Å². The first-order valence-electron chi connectivity index (χ1n) is 10.8. The molecule has 7 nitrogen and oxygen atoms in total. The summed E-state index contributed by atoms with van der Waals surface area (Å²) < 4.78 is 26.0. The Hall–Kier alpha value is -3.59. The van der Waals surface area contributed by atoms with Crippen LogP contribution in [0.3, 0.4) is 0 Å². The fourth-order valence-electron chi connectivity index (χ4n) is 3.43. The molecule has 0 saturated heterocycles. The lowest BCUT2D eigenvalue weighted by Gasteiger charge is -2.18. The average molecular weight is 481 g/mol. The summed E-state index contributed by atoms with van der Waals surface area (Å²) in [5.41, 5.74) is 1.67. The minimum absolute atomic E-state index is 0.155. The van der Waals surface area contributed by atoms with Crippen LogP contribution >= 0.6 is 11.8 Å². The van der Waals surface area contributed by atoms with Crippen LogP contribution in [0.4, 0.5) is 4.39 Å². The molecule has 0 aliphatic carbocycles. The van der Waals surface area contributed by atoms with Gasteiger partial charge in [0.05, 0.1) is 31.2 Å². The maximum absolute atomic E-state index is 13.2. The molecule has 0 radical (unpaired) electrons. The Morgan fingerprint density at radius 3 is 2.65 bits per heavy atom. The smallest absolute Gasteiger partial charge is 0.233 e. The van der Waals surface area contributed by atoms with Crippen LogP contribution in [0, 0.1) is 5.82 Å². The molecule has 0 bridgehead atoms. The molecule has 2 aromatic heterocycles. The van der Waals surface area contributed by atoms with Crippen LogP contribution in [0.2, 0.25) is 0 Å². The Balaban J connectivity index is 1.54. The molecule has 0 spiro atoms. The molecular formula is C25H25FN4O3S. The number of nitrogens with one attached hydrogen (secondary N) is 1. The molecule has 34 heavy (non-hydrogen) atoms. The highest BCUT2D eigenvalue weighted by Gasteiger charge is 2.23. The molecule has 0 unspecified atom stereocenters. The number of halogens is 1. The molecule has 0 saturated carbocycles. The van der Waals surface area contributed by atoms with E-state index in [9.17, 15) is 9.18 Å². The number of methoxy groups -OCH3 is 1. The van der Waals surface area contributed by atoms with Gasteiger partial charge in [-0.1, -0.05) is 36.0 Å². The first kappa shape index (κ1) is 23.6. The normalized spacial score (nSPS) is 12.8. The van der Waals surface area contributed by atoms with Gasteiger partial charge >= 0.3 is 0 Å². The number of ether oxygens (including phenoxy) is 1. The van der Waals surface area contributed by atoms with Crippen LogP contribution < -0.4 is 10.1 Å². The lowest BCUT2D eigenvalue weighted by molar-refractivity contribution is -0.120. The molecule has 0 fully saturated rings. The van der Waals surface area contributed by atoms with Crippen molar-refractivity contribution in [2.75, 3.05) is 7.11 Å². The van der Waals surface area contributed by atoms with Gasteiger partial charge in [0.2, 0.25) is 5.91 Å². The van der Waals surface area contributed by atoms with E-state index in [1.807, 2.05) is 54.8 Å². The third-order valence-electron chi connectivity index (χ3n) is 5.32. The number of benzene rings is 2. The summed E-state index contributed by atoms with van der Waals surface area (Å²) in [7, 11) is 1.61. The van der Waals surface area contributed by atoms with Crippen molar-refractivity contribution in [3.63, 3.8) is 0 Å². The molecule has 2 heterocycles. The minimum Gasteiger partial charge on any atom is -0.497 e. The highest BCUT2D eigenvalue weighted by Crippen LogP contribution is 2.30. The zero-order chi connectivity index (χ0) is 24.1. The van der Waals surface area contributed by atoms with Crippen molar-refractivity contribution in [3.05, 3.63) is 84.1 Å². The second-order valence-corrected chi connectivity index (χ2v) is 9.05. The van der Waals surface area contributed by atoms with Gasteiger partial charge in [0.15, 0.2) is 11.0 Å². The summed E-state index contributed by atoms with van der Waals surface area (Å²) in [6.07, 6.45) is 1.62. The van der Waals surface area contributed by atoms with E-state index < -0.39 is 5.25 Å². The lowest BCUT2D eigenvalue weighted by Crippen LogP contribution is -2.33. The predicted molar refractivity (Wildman–Crippen MR) is 128 cm³/mol. The second-order valence-electron chi connectivity index (χ2n) is 7.75. The van der Waals surface area contributed by atoms with Crippen LogP contribution in [-0.4, -0.2) is 33.0 Å². The van der Waals surface area contributed by atoms with E-state index in [-0.39, 0.29) is 17.8 Å². The fourth-order valence-corrected chi connectivity index (χ4v) is 4.29. The number of carbonyl (C=O) groups is 1. The quantitative estimate of drug-likeness (QED) is 0.336. The molecule has 0 aliphatic rings. The molecule has 4 aromatic rings. The third-order valence-corrected chi connectivity index (χ3v) is 6.40. The molecule has 176 valence electrons. The van der Waals surface area contributed by atoms with Crippen LogP contribution in [0.25, 0.3) is 11.4 Å². The number of rotatable bonds is 9. The summed E-state index contributed by atoms with van der Waals surface area (Å²) in [5.74, 6) is 1.63. The third kappa shape index (κ3) is 5.48. The number of amides is 1. The summed E-state index contributed by atoms with van der Waals surface area (Å²) in [5, 5.41) is 11.9. The molecule has 2 atom stereocenters. The summed E-state index contributed by atoms with van der Waals surface area (Å²) in [6.45, 7) is 4.09. The Bertz CT molecular complexity index is 1240. The van der Waals surface area contributed by atoms with Gasteiger partial charge in [-0.25, -0.2) is 4.39 Å². The standard InChI is InChI=1S/C25H25FN4O3S/c1-16(18-9-11-20(26)12-10-18)27-24(31)17(2)34-25-29-28-23(19-6-4-7-21(14-19)32-3)30(25)15-22-8-5-13-33-22/h4-14,16-17H,15H2,1-3H3,(H,27,31)/t16-,17-/m1/s1. The SMILES string of the molecule is COc1cccc(-c2nnc(S[C@H](C)C(=O)N[C@H](C)c3ccc(F)cc3)n2Cc2ccco2)c1. The maximum Gasteiger partial charge on any atom is 0.233 e. The van der Waals surface area contributed by atoms with Crippen molar-refractivity contribution >= 4 is 17.7 Å². The van der Waals surface area contributed by atoms with Gasteiger partial charge < -0.3 is 14.5 Å². The first-order valence-corrected chi connectivity index (χ1v) is 11.6. The predicted octanol–water partition coefficient (Wildman–Crippen LogP) is 5.09. The van der Waals surface area contributed by atoms with Crippen molar-refractivity contribution in [2.45, 2.75) is 36.8 Å². The zero-order valence-corrected chi connectivity index (χ0v) is 19.9. The molecule has 1 N–H and O–H groups in total. The molecule has 0 aliphatic heterocycles. The monoisotopic (exact) mass is 480 g/mol. The molecule has 4 rings (SSSR count). The molecular weight excluding hydrogens is 455 g/mol. The lowest BCUT2D eigenvalue weighted by atomic mass is 10.1. The Morgan fingerprint density at radius 1 is 1.15 bits per heavy atom. The molecule has 1 amide bonds. The van der Waals surface area contributed by atoms with Crippen LogP contribution in [0.5, 0.6) is 5.75 Å². The first-order chi connectivity index (χ1) is 16.4.